The maximum atomic E-state index is 13.8. The summed E-state index contributed by atoms with van der Waals surface area (Å²) in [5.41, 5.74) is 3.73. The molecular weight excluding hydrogens is 568 g/mol. The van der Waals surface area contributed by atoms with Gasteiger partial charge in [-0.1, -0.05) is 123 Å². The van der Waals surface area contributed by atoms with Crippen molar-refractivity contribution in [3.63, 3.8) is 0 Å². The normalized spacial score (nSPS) is 14.1. The van der Waals surface area contributed by atoms with Crippen molar-refractivity contribution in [2.45, 2.75) is 33.2 Å². The van der Waals surface area contributed by atoms with Gasteiger partial charge < -0.3 is 4.90 Å². The summed E-state index contributed by atoms with van der Waals surface area (Å²) in [5.74, 6) is -0.319. The van der Waals surface area contributed by atoms with Gasteiger partial charge in [0.1, 0.15) is 0 Å². The van der Waals surface area contributed by atoms with Crippen molar-refractivity contribution in [2.24, 2.45) is 10.9 Å². The Hall–Kier alpha value is -4.81. The third-order valence-corrected chi connectivity index (χ3v) is 7.99. The number of benzene rings is 3. The zero-order valence-electron chi connectivity index (χ0n) is 27.6. The van der Waals surface area contributed by atoms with Gasteiger partial charge in [0.25, 0.3) is 0 Å². The molecule has 0 bridgehead atoms. The van der Waals surface area contributed by atoms with E-state index in [2.05, 4.69) is 72.1 Å². The van der Waals surface area contributed by atoms with Crippen LogP contribution in [0, 0.1) is 5.92 Å². The second-order valence-electron chi connectivity index (χ2n) is 11.4. The van der Waals surface area contributed by atoms with E-state index in [0.717, 1.165) is 38.0 Å². The van der Waals surface area contributed by atoms with Gasteiger partial charge in [0.15, 0.2) is 0 Å². The van der Waals surface area contributed by atoms with Gasteiger partial charge in [-0.3, -0.25) is 19.6 Å². The van der Waals surface area contributed by atoms with Crippen LogP contribution in [0.2, 0.25) is 0 Å². The van der Waals surface area contributed by atoms with Crippen molar-refractivity contribution in [3.05, 3.63) is 140 Å². The Kier molecular flexibility index (Phi) is 14.6. The number of likely N-dealkylation sites (N-methyl/N-ethyl adjacent to an activating group) is 1. The van der Waals surface area contributed by atoms with Gasteiger partial charge in [-0.25, -0.2) is 4.79 Å². The van der Waals surface area contributed by atoms with E-state index in [1.807, 2.05) is 68.5 Å². The van der Waals surface area contributed by atoms with Crippen molar-refractivity contribution in [1.29, 1.82) is 0 Å². The van der Waals surface area contributed by atoms with E-state index in [1.165, 1.54) is 32.3 Å². The van der Waals surface area contributed by atoms with Crippen molar-refractivity contribution in [1.82, 2.24) is 14.7 Å². The first-order valence-electron chi connectivity index (χ1n) is 15.8. The summed E-state index contributed by atoms with van der Waals surface area (Å²) in [6.07, 6.45) is 12.3. The molecule has 0 unspecified atom stereocenters. The first-order chi connectivity index (χ1) is 22.3. The molecule has 4 rings (SSSR count). The molecule has 1 fully saturated rings. The predicted octanol–water partition coefficient (Wildman–Crippen LogP) is 8.55. The largest absolute Gasteiger partial charge is 0.327 e. The van der Waals surface area contributed by atoms with Gasteiger partial charge >= 0.3 is 6.03 Å². The summed E-state index contributed by atoms with van der Waals surface area (Å²) in [5, 5.41) is 2.51. The molecule has 0 N–H and O–H groups in total. The van der Waals surface area contributed by atoms with E-state index in [4.69, 9.17) is 0 Å². The van der Waals surface area contributed by atoms with E-state index in [9.17, 15) is 9.59 Å². The predicted molar refractivity (Wildman–Crippen MR) is 195 cm³/mol. The van der Waals surface area contributed by atoms with Crippen LogP contribution in [-0.2, 0) is 11.3 Å². The zero-order valence-corrected chi connectivity index (χ0v) is 27.6. The van der Waals surface area contributed by atoms with Crippen LogP contribution >= 0.6 is 0 Å². The van der Waals surface area contributed by atoms with E-state index in [0.29, 0.717) is 11.3 Å². The number of piperidine rings is 1. The minimum atomic E-state index is -0.335. The molecule has 0 aromatic heterocycles. The Morgan fingerprint density at radius 3 is 2.30 bits per heavy atom. The Morgan fingerprint density at radius 2 is 1.65 bits per heavy atom. The number of carbonyl (C=O) groups excluding carboxylic acids is 2. The van der Waals surface area contributed by atoms with Gasteiger partial charge in [0.2, 0.25) is 5.91 Å². The molecule has 3 aromatic carbocycles. The summed E-state index contributed by atoms with van der Waals surface area (Å²) in [4.78, 5) is 36.9. The van der Waals surface area contributed by atoms with Crippen LogP contribution in [0.3, 0.4) is 0 Å². The number of nitrogens with zero attached hydrogens (tertiary/aromatic N) is 4. The van der Waals surface area contributed by atoms with Crippen molar-refractivity contribution in [2.75, 3.05) is 33.2 Å². The molecule has 46 heavy (non-hydrogen) atoms. The smallest absolute Gasteiger partial charge is 0.323 e. The summed E-state index contributed by atoms with van der Waals surface area (Å²) in [7, 11) is 1.70. The molecule has 6 heteroatoms. The highest BCUT2D eigenvalue weighted by atomic mass is 16.2. The SMILES string of the molecule is C=C/C=C/C.C=CN=C(C)C(=C)CN(C)C(=O)N(C/C=C/c1ccccc1)C(=O)C1CCN(Cc2cccc3ccccc23)CC1. The number of urea groups is 1. The van der Waals surface area contributed by atoms with E-state index >= 15 is 0 Å². The number of rotatable bonds is 11. The molecule has 3 aromatic rings. The van der Waals surface area contributed by atoms with Crippen LogP contribution < -0.4 is 0 Å². The number of hydrogen-bond acceptors (Lipinski definition) is 4. The van der Waals surface area contributed by atoms with Crippen LogP contribution in [0.5, 0.6) is 0 Å². The number of amides is 3. The molecular formula is C40H48N4O2. The fraction of sp³-hybridized carbons (Fsp3) is 0.275. The lowest BCUT2D eigenvalue weighted by Crippen LogP contribution is -2.49. The first kappa shape index (κ1) is 35.7. The standard InChI is InChI=1S/C35H40N4O2.C5H8/c1-5-36-28(3)27(2)25-37(4)35(41)39(22-12-15-29-13-7-6-8-14-29)34(40)31-20-23-38(24-21-31)26-32-18-11-17-30-16-9-10-19-33(30)32;1-3-5-4-2/h5-19,31H,1-2,20-26H2,3-4H3;3-5H,1H2,2H3/b15-12+,36-28?;5-4+. The maximum absolute atomic E-state index is 13.8. The van der Waals surface area contributed by atoms with Gasteiger partial charge in [-0.05, 0) is 67.3 Å². The summed E-state index contributed by atoms with van der Waals surface area (Å²) < 4.78 is 0. The van der Waals surface area contributed by atoms with Crippen LogP contribution in [0.4, 0.5) is 4.79 Å². The molecule has 1 saturated heterocycles. The Balaban J connectivity index is 0.00000107. The Labute approximate surface area is 275 Å². The van der Waals surface area contributed by atoms with Crippen LogP contribution in [-0.4, -0.2) is 65.6 Å². The number of likely N-dealkylation sites (tertiary alicyclic amines) is 1. The van der Waals surface area contributed by atoms with Crippen LogP contribution in [0.25, 0.3) is 16.8 Å². The quantitative estimate of drug-likeness (QED) is 0.160. The fourth-order valence-electron chi connectivity index (χ4n) is 5.39. The molecule has 0 aliphatic carbocycles. The molecule has 240 valence electrons. The monoisotopic (exact) mass is 616 g/mol. The number of hydrogen-bond donors (Lipinski definition) is 0. The van der Waals surface area contributed by atoms with Crippen LogP contribution in [0.1, 0.15) is 37.8 Å². The van der Waals surface area contributed by atoms with E-state index in [-0.39, 0.29) is 30.9 Å². The Bertz CT molecular complexity index is 1560. The molecule has 1 heterocycles. The minimum absolute atomic E-state index is 0.119. The highest BCUT2D eigenvalue weighted by Crippen LogP contribution is 2.25. The van der Waals surface area contributed by atoms with Gasteiger partial charge in [-0.2, -0.15) is 0 Å². The second-order valence-corrected chi connectivity index (χ2v) is 11.4. The summed E-state index contributed by atoms with van der Waals surface area (Å²) in [6, 6.07) is 24.4. The number of imide groups is 1. The third kappa shape index (κ3) is 10.7. The van der Waals surface area contributed by atoms with E-state index < -0.39 is 0 Å². The molecule has 0 atom stereocenters. The molecule has 3 amide bonds. The van der Waals surface area contributed by atoms with Crippen molar-refractivity contribution < 1.29 is 9.59 Å². The molecule has 1 aliphatic heterocycles. The average Bonchev–Trinajstić information content (AvgIpc) is 3.08. The number of allylic oxidation sites excluding steroid dienone is 3. The topological polar surface area (TPSA) is 56.2 Å². The van der Waals surface area contributed by atoms with Crippen molar-refractivity contribution >= 4 is 34.5 Å². The minimum Gasteiger partial charge on any atom is -0.323 e. The molecule has 0 saturated carbocycles. The van der Waals surface area contributed by atoms with Gasteiger partial charge in [-0.15, -0.1) is 0 Å². The summed E-state index contributed by atoms with van der Waals surface area (Å²) >= 11 is 0. The molecule has 6 nitrogen and oxygen atoms in total. The lowest BCUT2D eigenvalue weighted by atomic mass is 9.94. The van der Waals surface area contributed by atoms with Crippen molar-refractivity contribution in [3.8, 4) is 0 Å². The first-order valence-corrected chi connectivity index (χ1v) is 15.8. The molecule has 0 radical (unpaired) electrons. The summed E-state index contributed by atoms with van der Waals surface area (Å²) in [6.45, 7) is 17.9. The van der Waals surface area contributed by atoms with Gasteiger partial charge in [0, 0.05) is 44.5 Å². The highest BCUT2D eigenvalue weighted by Gasteiger charge is 2.32. The van der Waals surface area contributed by atoms with E-state index in [1.54, 1.807) is 13.1 Å². The maximum Gasteiger partial charge on any atom is 0.327 e. The third-order valence-electron chi connectivity index (χ3n) is 7.99. The lowest BCUT2D eigenvalue weighted by Gasteiger charge is -2.34. The lowest BCUT2D eigenvalue weighted by molar-refractivity contribution is -0.134. The second kappa shape index (κ2) is 18.9. The number of fused-ring (bicyclic) bond motifs is 1. The fourth-order valence-corrected chi connectivity index (χ4v) is 5.39. The number of aliphatic imine (C=N–C) groups is 1. The van der Waals surface area contributed by atoms with Crippen LogP contribution in [0.15, 0.2) is 134 Å². The highest BCUT2D eigenvalue weighted by molar-refractivity contribution is 6.00. The Morgan fingerprint density at radius 1 is 0.978 bits per heavy atom. The molecule has 1 aliphatic rings. The zero-order chi connectivity index (χ0) is 33.3. The average molecular weight is 617 g/mol. The molecule has 0 spiro atoms. The van der Waals surface area contributed by atoms with Gasteiger partial charge in [0.05, 0.1) is 0 Å². The number of carbonyl (C=O) groups is 2.